The summed E-state index contributed by atoms with van der Waals surface area (Å²) in [4.78, 5) is 12.7. The fourth-order valence-electron chi connectivity index (χ4n) is 2.33. The van der Waals surface area contributed by atoms with E-state index < -0.39 is 15.9 Å². The van der Waals surface area contributed by atoms with Gasteiger partial charge >= 0.3 is 0 Å². The first kappa shape index (κ1) is 21.2. The largest absolute Gasteiger partial charge is 0.321 e. The molecule has 26 heavy (non-hydrogen) atoms. The van der Waals surface area contributed by atoms with Gasteiger partial charge in [-0.2, -0.15) is 4.31 Å². The van der Waals surface area contributed by atoms with Crippen molar-refractivity contribution in [1.29, 1.82) is 0 Å². The number of sulfonamides is 1. The summed E-state index contributed by atoms with van der Waals surface area (Å²) in [6, 6.07) is 9.02. The molecule has 0 aliphatic rings. The zero-order valence-electron chi connectivity index (χ0n) is 14.1. The van der Waals surface area contributed by atoms with Gasteiger partial charge in [0, 0.05) is 22.6 Å². The van der Waals surface area contributed by atoms with Gasteiger partial charge in [-0.1, -0.05) is 37.0 Å². The molecule has 0 bridgehead atoms. The molecule has 0 aliphatic carbocycles. The molecule has 1 amide bonds. The van der Waals surface area contributed by atoms with Crippen molar-refractivity contribution in [2.24, 2.45) is 0 Å². The molecule has 0 heterocycles. The van der Waals surface area contributed by atoms with Crippen LogP contribution in [0.1, 0.15) is 24.2 Å². The molecule has 0 saturated heterocycles. The highest BCUT2D eigenvalue weighted by Gasteiger charge is 2.24. The number of amides is 1. The van der Waals surface area contributed by atoms with E-state index in [1.165, 1.54) is 28.6 Å². The van der Waals surface area contributed by atoms with Gasteiger partial charge in [0.25, 0.3) is 5.91 Å². The van der Waals surface area contributed by atoms with Crippen LogP contribution >= 0.6 is 39.1 Å². The first-order chi connectivity index (χ1) is 12.2. The summed E-state index contributed by atoms with van der Waals surface area (Å²) in [7, 11) is -3.68. The van der Waals surface area contributed by atoms with Crippen LogP contribution in [0.5, 0.6) is 0 Å². The molecule has 2 rings (SSSR count). The molecule has 0 atom stereocenters. The maximum atomic E-state index is 12.7. The second-order valence-electron chi connectivity index (χ2n) is 5.31. The van der Waals surface area contributed by atoms with Crippen LogP contribution < -0.4 is 5.32 Å². The molecule has 2 aromatic rings. The van der Waals surface area contributed by atoms with E-state index in [1.54, 1.807) is 26.0 Å². The first-order valence-corrected chi connectivity index (χ1v) is 10.8. The van der Waals surface area contributed by atoms with Gasteiger partial charge in [0.15, 0.2) is 0 Å². The molecule has 0 aromatic heterocycles. The molecule has 140 valence electrons. The summed E-state index contributed by atoms with van der Waals surface area (Å²) in [5.74, 6) is -0.502. The number of hydrogen-bond donors (Lipinski definition) is 1. The fraction of sp³-hybridized carbons (Fsp3) is 0.235. The van der Waals surface area contributed by atoms with Gasteiger partial charge in [-0.05, 0) is 52.3 Å². The molecule has 5 nitrogen and oxygen atoms in total. The third-order valence-corrected chi connectivity index (χ3v) is 7.00. The Balaban J connectivity index is 2.41. The van der Waals surface area contributed by atoms with Crippen LogP contribution in [0.4, 0.5) is 5.69 Å². The highest BCUT2D eigenvalue weighted by Crippen LogP contribution is 2.28. The molecule has 0 radical (unpaired) electrons. The zero-order valence-corrected chi connectivity index (χ0v) is 18.0. The number of halogens is 3. The molecule has 1 N–H and O–H groups in total. The lowest BCUT2D eigenvalue weighted by atomic mass is 10.2. The van der Waals surface area contributed by atoms with Crippen molar-refractivity contribution < 1.29 is 13.2 Å². The second kappa shape index (κ2) is 8.71. The molecule has 0 saturated carbocycles. The van der Waals surface area contributed by atoms with Crippen LogP contribution in [-0.2, 0) is 10.0 Å². The van der Waals surface area contributed by atoms with E-state index in [0.29, 0.717) is 33.3 Å². The zero-order chi connectivity index (χ0) is 19.5. The van der Waals surface area contributed by atoms with Crippen LogP contribution in [0.2, 0.25) is 10.0 Å². The lowest BCUT2D eigenvalue weighted by Crippen LogP contribution is -2.30. The van der Waals surface area contributed by atoms with Crippen molar-refractivity contribution >= 4 is 60.7 Å². The van der Waals surface area contributed by atoms with Crippen molar-refractivity contribution in [1.82, 2.24) is 4.31 Å². The summed E-state index contributed by atoms with van der Waals surface area (Å²) in [6.07, 6.45) is 0. The molecule has 0 spiro atoms. The SMILES string of the molecule is CCN(CC)S(=O)(=O)c1ccc(Br)c(C(=O)Nc2cc(Cl)ccc2Cl)c1. The number of carbonyl (C=O) groups excluding carboxylic acids is 1. The Hall–Kier alpha value is -1.12. The molecule has 9 heteroatoms. The third-order valence-electron chi connectivity index (χ3n) is 3.70. The van der Waals surface area contributed by atoms with Crippen LogP contribution in [0.15, 0.2) is 45.8 Å². The van der Waals surface area contributed by atoms with E-state index >= 15 is 0 Å². The van der Waals surface area contributed by atoms with Crippen LogP contribution in [0.3, 0.4) is 0 Å². The maximum absolute atomic E-state index is 12.7. The number of hydrogen-bond acceptors (Lipinski definition) is 3. The van der Waals surface area contributed by atoms with E-state index in [0.717, 1.165) is 0 Å². The number of anilines is 1. The quantitative estimate of drug-likeness (QED) is 0.631. The van der Waals surface area contributed by atoms with E-state index in [1.807, 2.05) is 0 Å². The Morgan fingerprint density at radius 2 is 1.77 bits per heavy atom. The number of carbonyl (C=O) groups is 1. The molecular formula is C17H17BrCl2N2O3S. The minimum Gasteiger partial charge on any atom is -0.321 e. The predicted octanol–water partition coefficient (Wildman–Crippen LogP) is 5.04. The topological polar surface area (TPSA) is 66.5 Å². The smallest absolute Gasteiger partial charge is 0.256 e. The Morgan fingerprint density at radius 1 is 1.12 bits per heavy atom. The minimum absolute atomic E-state index is 0.0479. The highest BCUT2D eigenvalue weighted by atomic mass is 79.9. The number of nitrogens with zero attached hydrogens (tertiary/aromatic N) is 1. The predicted molar refractivity (Wildman–Crippen MR) is 109 cm³/mol. The first-order valence-electron chi connectivity index (χ1n) is 7.76. The Labute approximate surface area is 171 Å². The van der Waals surface area contributed by atoms with Crippen molar-refractivity contribution in [3.05, 3.63) is 56.5 Å². The number of benzene rings is 2. The van der Waals surface area contributed by atoms with Gasteiger partial charge < -0.3 is 5.32 Å². The lowest BCUT2D eigenvalue weighted by Gasteiger charge is -2.19. The second-order valence-corrected chi connectivity index (χ2v) is 8.95. The van der Waals surface area contributed by atoms with Gasteiger partial charge in [-0.15, -0.1) is 0 Å². The van der Waals surface area contributed by atoms with Crippen LogP contribution in [0, 0.1) is 0 Å². The van der Waals surface area contributed by atoms with Crippen molar-refractivity contribution in [3.8, 4) is 0 Å². The summed E-state index contributed by atoms with van der Waals surface area (Å²) in [6.45, 7) is 4.20. The normalized spacial score (nSPS) is 11.6. The van der Waals surface area contributed by atoms with Crippen molar-refractivity contribution in [3.63, 3.8) is 0 Å². The summed E-state index contributed by atoms with van der Waals surface area (Å²) < 4.78 is 27.1. The average Bonchev–Trinajstić information content (AvgIpc) is 2.59. The summed E-state index contributed by atoms with van der Waals surface area (Å²) in [5.41, 5.74) is 0.516. The van der Waals surface area contributed by atoms with Gasteiger partial charge in [0.1, 0.15) is 0 Å². The number of nitrogens with one attached hydrogen (secondary N) is 1. The maximum Gasteiger partial charge on any atom is 0.256 e. The molecule has 0 aliphatic heterocycles. The standard InChI is InChI=1S/C17H17BrCl2N2O3S/c1-3-22(4-2)26(24,25)12-6-7-14(18)13(10-12)17(23)21-16-9-11(19)5-8-15(16)20/h5-10H,3-4H2,1-2H3,(H,21,23). The Morgan fingerprint density at radius 3 is 2.38 bits per heavy atom. The monoisotopic (exact) mass is 478 g/mol. The van der Waals surface area contributed by atoms with Gasteiger partial charge in [-0.25, -0.2) is 8.42 Å². The molecular weight excluding hydrogens is 463 g/mol. The highest BCUT2D eigenvalue weighted by molar-refractivity contribution is 9.10. The summed E-state index contributed by atoms with van der Waals surface area (Å²) >= 11 is 15.3. The summed E-state index contributed by atoms with van der Waals surface area (Å²) in [5, 5.41) is 3.39. The van der Waals surface area contributed by atoms with Crippen LogP contribution in [0.25, 0.3) is 0 Å². The van der Waals surface area contributed by atoms with E-state index in [-0.39, 0.29) is 10.5 Å². The van der Waals surface area contributed by atoms with E-state index in [2.05, 4.69) is 21.2 Å². The minimum atomic E-state index is -3.68. The average molecular weight is 480 g/mol. The van der Waals surface area contributed by atoms with E-state index in [9.17, 15) is 13.2 Å². The molecule has 0 fully saturated rings. The van der Waals surface area contributed by atoms with Crippen LogP contribution in [-0.4, -0.2) is 31.7 Å². The Bertz CT molecular complexity index is 932. The Kier molecular flexibility index (Phi) is 7.10. The third kappa shape index (κ3) is 4.58. The van der Waals surface area contributed by atoms with Gasteiger partial charge in [0.05, 0.1) is 21.2 Å². The lowest BCUT2D eigenvalue weighted by molar-refractivity contribution is 0.102. The molecule has 2 aromatic carbocycles. The number of rotatable bonds is 6. The van der Waals surface area contributed by atoms with E-state index in [4.69, 9.17) is 23.2 Å². The van der Waals surface area contributed by atoms with Crippen molar-refractivity contribution in [2.75, 3.05) is 18.4 Å². The fourth-order valence-corrected chi connectivity index (χ4v) is 4.58. The molecule has 0 unspecified atom stereocenters. The van der Waals surface area contributed by atoms with Crippen molar-refractivity contribution in [2.45, 2.75) is 18.7 Å². The van der Waals surface area contributed by atoms with Gasteiger partial charge in [-0.3, -0.25) is 4.79 Å². The van der Waals surface area contributed by atoms with Gasteiger partial charge in [0.2, 0.25) is 10.0 Å².